The van der Waals surface area contributed by atoms with Crippen LogP contribution in [-0.2, 0) is 4.79 Å². The second-order valence-electron chi connectivity index (χ2n) is 5.55. The van der Waals surface area contributed by atoms with Crippen LogP contribution in [-0.4, -0.2) is 25.5 Å². The van der Waals surface area contributed by atoms with Crippen LogP contribution in [0.25, 0.3) is 0 Å². The van der Waals surface area contributed by atoms with Crippen molar-refractivity contribution in [2.75, 3.05) is 24.5 Å². The predicted octanol–water partition coefficient (Wildman–Crippen LogP) is 2.80. The molecule has 0 unspecified atom stereocenters. The van der Waals surface area contributed by atoms with Gasteiger partial charge in [-0.05, 0) is 29.7 Å². The molecule has 98 valence electrons. The van der Waals surface area contributed by atoms with E-state index < -0.39 is 0 Å². The Labute approximate surface area is 117 Å². The van der Waals surface area contributed by atoms with Crippen molar-refractivity contribution in [3.63, 3.8) is 0 Å². The van der Waals surface area contributed by atoms with Crippen molar-refractivity contribution in [2.24, 2.45) is 5.41 Å². The smallest absolute Gasteiger partial charge is 0.228 e. The van der Waals surface area contributed by atoms with E-state index in [1.165, 1.54) is 0 Å². The Morgan fingerprint density at radius 2 is 1.94 bits per heavy atom. The van der Waals surface area contributed by atoms with Gasteiger partial charge in [-0.2, -0.15) is 0 Å². The van der Waals surface area contributed by atoms with Gasteiger partial charge < -0.3 is 10.2 Å². The Morgan fingerprint density at radius 3 is 2.61 bits per heavy atom. The van der Waals surface area contributed by atoms with Gasteiger partial charge >= 0.3 is 0 Å². The Bertz CT molecular complexity index is 428. The summed E-state index contributed by atoms with van der Waals surface area (Å²) in [6.45, 7) is 6.82. The zero-order valence-electron chi connectivity index (χ0n) is 10.9. The molecule has 1 N–H and O–H groups in total. The molecule has 1 heterocycles. The summed E-state index contributed by atoms with van der Waals surface area (Å²) in [6.07, 6.45) is 0.562. The Kier molecular flexibility index (Phi) is 4.07. The number of rotatable bonds is 1. The van der Waals surface area contributed by atoms with E-state index in [-0.39, 0.29) is 11.3 Å². The van der Waals surface area contributed by atoms with Gasteiger partial charge in [0, 0.05) is 36.2 Å². The molecule has 0 radical (unpaired) electrons. The first-order chi connectivity index (χ1) is 8.48. The average Bonchev–Trinajstić information content (AvgIpc) is 2.31. The number of carbonyl (C=O) groups excluding carboxylic acids is 1. The van der Waals surface area contributed by atoms with E-state index in [9.17, 15) is 4.79 Å². The van der Waals surface area contributed by atoms with Crippen molar-refractivity contribution in [1.29, 1.82) is 0 Å². The number of amides is 1. The highest BCUT2D eigenvalue weighted by atomic mass is 79.9. The zero-order chi connectivity index (χ0) is 13.2. The second kappa shape index (κ2) is 5.41. The molecule has 0 aliphatic carbocycles. The van der Waals surface area contributed by atoms with Gasteiger partial charge in [0.05, 0.1) is 0 Å². The second-order valence-corrected chi connectivity index (χ2v) is 6.46. The van der Waals surface area contributed by atoms with Crippen LogP contribution in [0, 0.1) is 5.41 Å². The summed E-state index contributed by atoms with van der Waals surface area (Å²) in [4.78, 5) is 14.1. The van der Waals surface area contributed by atoms with Crippen molar-refractivity contribution in [3.8, 4) is 0 Å². The highest BCUT2D eigenvalue weighted by molar-refractivity contribution is 9.10. The number of halogens is 1. The topological polar surface area (TPSA) is 32.3 Å². The summed E-state index contributed by atoms with van der Waals surface area (Å²) >= 11 is 3.42. The minimum absolute atomic E-state index is 0.0865. The quantitative estimate of drug-likeness (QED) is 0.865. The number of carbonyl (C=O) groups is 1. The van der Waals surface area contributed by atoms with Crippen molar-refractivity contribution in [3.05, 3.63) is 28.7 Å². The molecule has 1 amide bonds. The summed E-state index contributed by atoms with van der Waals surface area (Å²) in [5.41, 5.74) is 1.07. The van der Waals surface area contributed by atoms with Gasteiger partial charge in [-0.3, -0.25) is 4.79 Å². The third kappa shape index (κ3) is 3.33. The zero-order valence-corrected chi connectivity index (χ0v) is 12.5. The number of nitrogens with one attached hydrogen (secondary N) is 1. The lowest BCUT2D eigenvalue weighted by Gasteiger charge is -2.35. The minimum atomic E-state index is 0.0865. The van der Waals surface area contributed by atoms with E-state index in [4.69, 9.17) is 0 Å². The summed E-state index contributed by atoms with van der Waals surface area (Å²) in [5, 5.41) is 3.33. The molecule has 1 saturated heterocycles. The highest BCUT2D eigenvalue weighted by Gasteiger charge is 2.27. The van der Waals surface area contributed by atoms with E-state index in [0.717, 1.165) is 29.8 Å². The predicted molar refractivity (Wildman–Crippen MR) is 77.8 cm³/mol. The molecule has 0 aromatic heterocycles. The van der Waals surface area contributed by atoms with Crippen LogP contribution in [0.1, 0.15) is 20.3 Å². The molecular weight excluding hydrogens is 292 g/mol. The van der Waals surface area contributed by atoms with Crippen LogP contribution in [0.5, 0.6) is 0 Å². The number of anilines is 1. The molecule has 0 spiro atoms. The normalized spacial score (nSPS) is 20.4. The van der Waals surface area contributed by atoms with E-state index in [1.54, 1.807) is 0 Å². The van der Waals surface area contributed by atoms with E-state index in [0.29, 0.717) is 6.42 Å². The van der Waals surface area contributed by atoms with Crippen LogP contribution in [0.15, 0.2) is 28.7 Å². The fourth-order valence-corrected chi connectivity index (χ4v) is 2.45. The first-order valence-corrected chi connectivity index (χ1v) is 7.04. The molecule has 0 saturated carbocycles. The highest BCUT2D eigenvalue weighted by Crippen LogP contribution is 2.25. The number of benzene rings is 1. The Morgan fingerprint density at radius 1 is 1.28 bits per heavy atom. The van der Waals surface area contributed by atoms with Crippen LogP contribution in [0.4, 0.5) is 5.69 Å². The lowest BCUT2D eigenvalue weighted by Crippen LogP contribution is -2.47. The molecular formula is C14H19BrN2O. The van der Waals surface area contributed by atoms with Gasteiger partial charge in [-0.15, -0.1) is 0 Å². The molecule has 1 fully saturated rings. The van der Waals surface area contributed by atoms with E-state index in [1.807, 2.05) is 29.2 Å². The molecule has 3 nitrogen and oxygen atoms in total. The number of hydrogen-bond donors (Lipinski definition) is 1. The van der Waals surface area contributed by atoms with Gasteiger partial charge in [0.2, 0.25) is 5.91 Å². The summed E-state index contributed by atoms with van der Waals surface area (Å²) in [7, 11) is 0. The fraction of sp³-hybridized carbons (Fsp3) is 0.500. The lowest BCUT2D eigenvalue weighted by molar-refractivity contribution is -0.119. The molecule has 1 aliphatic rings. The van der Waals surface area contributed by atoms with Crippen molar-refractivity contribution in [2.45, 2.75) is 20.3 Å². The summed E-state index contributed by atoms with van der Waals surface area (Å²) in [6, 6.07) is 7.94. The van der Waals surface area contributed by atoms with Crippen LogP contribution < -0.4 is 10.2 Å². The van der Waals surface area contributed by atoms with Gasteiger partial charge in [0.1, 0.15) is 0 Å². The lowest BCUT2D eigenvalue weighted by atomic mass is 9.91. The Balaban J connectivity index is 2.26. The largest absolute Gasteiger partial charge is 0.316 e. The third-order valence-corrected chi connectivity index (χ3v) is 3.67. The van der Waals surface area contributed by atoms with Gasteiger partial charge in [-0.25, -0.2) is 0 Å². The Hall–Kier alpha value is -0.870. The first-order valence-electron chi connectivity index (χ1n) is 6.25. The molecule has 4 heteroatoms. The van der Waals surface area contributed by atoms with Gasteiger partial charge in [-0.1, -0.05) is 29.8 Å². The molecule has 1 aromatic rings. The fourth-order valence-electron chi connectivity index (χ4n) is 2.19. The standard InChI is InChI=1S/C14H19BrN2O/c1-14(2)9-16-8-7-13(18)17(10-14)12-5-3-11(15)4-6-12/h3-6,16H,7-10H2,1-2H3. The SMILES string of the molecule is CC1(C)CNCCC(=O)N(c2ccc(Br)cc2)C1. The third-order valence-electron chi connectivity index (χ3n) is 3.14. The minimum Gasteiger partial charge on any atom is -0.316 e. The van der Waals surface area contributed by atoms with Gasteiger partial charge in [0.15, 0.2) is 0 Å². The van der Waals surface area contributed by atoms with Gasteiger partial charge in [0.25, 0.3) is 0 Å². The monoisotopic (exact) mass is 310 g/mol. The summed E-state index contributed by atoms with van der Waals surface area (Å²) < 4.78 is 1.03. The van der Waals surface area contributed by atoms with Crippen LogP contribution in [0.3, 0.4) is 0 Å². The number of nitrogens with zero attached hydrogens (tertiary/aromatic N) is 1. The summed E-state index contributed by atoms with van der Waals surface area (Å²) in [5.74, 6) is 0.192. The van der Waals surface area contributed by atoms with E-state index in [2.05, 4.69) is 35.1 Å². The van der Waals surface area contributed by atoms with Crippen LogP contribution in [0.2, 0.25) is 0 Å². The maximum Gasteiger partial charge on any atom is 0.228 e. The molecule has 0 bridgehead atoms. The first kappa shape index (κ1) is 13.6. The van der Waals surface area contributed by atoms with Crippen molar-refractivity contribution >= 4 is 27.5 Å². The molecule has 1 aliphatic heterocycles. The number of hydrogen-bond acceptors (Lipinski definition) is 2. The maximum absolute atomic E-state index is 12.2. The molecule has 2 rings (SSSR count). The van der Waals surface area contributed by atoms with Crippen molar-refractivity contribution < 1.29 is 4.79 Å². The van der Waals surface area contributed by atoms with E-state index >= 15 is 0 Å². The van der Waals surface area contributed by atoms with Crippen molar-refractivity contribution in [1.82, 2.24) is 5.32 Å². The molecule has 0 atom stereocenters. The molecule has 18 heavy (non-hydrogen) atoms. The average molecular weight is 311 g/mol. The maximum atomic E-state index is 12.2. The van der Waals surface area contributed by atoms with Crippen LogP contribution >= 0.6 is 15.9 Å². The molecule has 1 aromatic carbocycles.